The first kappa shape index (κ1) is 17.0. The van der Waals surface area contributed by atoms with E-state index < -0.39 is 17.0 Å². The maximum absolute atomic E-state index is 14.2. The topological polar surface area (TPSA) is 20.3 Å². The van der Waals surface area contributed by atoms with Gasteiger partial charge in [0.1, 0.15) is 17.0 Å². The van der Waals surface area contributed by atoms with Crippen molar-refractivity contribution >= 4 is 17.7 Å². The van der Waals surface area contributed by atoms with Crippen LogP contribution in [0.4, 0.5) is 8.78 Å². The summed E-state index contributed by atoms with van der Waals surface area (Å²) in [6.07, 6.45) is 0.683. The van der Waals surface area contributed by atoms with E-state index in [4.69, 9.17) is 0 Å². The predicted molar refractivity (Wildman–Crippen MR) is 92.7 cm³/mol. The summed E-state index contributed by atoms with van der Waals surface area (Å²) in [4.78, 5) is 14.8. The van der Waals surface area contributed by atoms with Crippen molar-refractivity contribution in [3.8, 4) is 0 Å². The lowest BCUT2D eigenvalue weighted by molar-refractivity contribution is -0.133. The average Bonchev–Trinajstić information content (AvgIpc) is 3.06. The van der Waals surface area contributed by atoms with Gasteiger partial charge in [-0.1, -0.05) is 43.3 Å². The van der Waals surface area contributed by atoms with E-state index in [1.165, 1.54) is 23.9 Å². The number of benzene rings is 2. The molecule has 0 saturated carbocycles. The molecule has 1 saturated heterocycles. The van der Waals surface area contributed by atoms with Crippen molar-refractivity contribution in [1.29, 1.82) is 0 Å². The first-order valence-corrected chi connectivity index (χ1v) is 9.08. The molecule has 2 aromatic rings. The maximum Gasteiger partial charge on any atom is 0.231 e. The van der Waals surface area contributed by atoms with Gasteiger partial charge in [0.15, 0.2) is 0 Å². The van der Waals surface area contributed by atoms with Gasteiger partial charge in [0, 0.05) is 23.9 Å². The highest BCUT2D eigenvalue weighted by molar-refractivity contribution is 7.99. The molecule has 0 aliphatic carbocycles. The van der Waals surface area contributed by atoms with E-state index in [-0.39, 0.29) is 11.8 Å². The Morgan fingerprint density at radius 3 is 2.67 bits per heavy atom. The molecule has 5 heteroatoms. The molecule has 2 aromatic carbocycles. The van der Waals surface area contributed by atoms with Crippen LogP contribution >= 0.6 is 11.8 Å². The van der Waals surface area contributed by atoms with E-state index in [0.717, 1.165) is 17.4 Å². The van der Waals surface area contributed by atoms with E-state index in [1.807, 2.05) is 37.3 Å². The summed E-state index contributed by atoms with van der Waals surface area (Å²) in [5.41, 5.74) is 1.34. The van der Waals surface area contributed by atoms with Gasteiger partial charge in [0.05, 0.1) is 5.92 Å². The molecular formula is C19H19F2NOS. The van der Waals surface area contributed by atoms with Crippen LogP contribution in [0.5, 0.6) is 0 Å². The number of hydrogen-bond donors (Lipinski definition) is 0. The van der Waals surface area contributed by atoms with E-state index in [9.17, 15) is 13.6 Å². The molecule has 0 bridgehead atoms. The molecule has 2 atom stereocenters. The fraction of sp³-hybridized carbons (Fsp3) is 0.316. The zero-order valence-electron chi connectivity index (χ0n) is 13.4. The molecule has 0 N–H and O–H groups in total. The van der Waals surface area contributed by atoms with Crippen molar-refractivity contribution < 1.29 is 13.6 Å². The Balaban J connectivity index is 1.88. The van der Waals surface area contributed by atoms with Crippen LogP contribution in [0.1, 0.15) is 35.8 Å². The van der Waals surface area contributed by atoms with Crippen LogP contribution in [0, 0.1) is 11.6 Å². The highest BCUT2D eigenvalue weighted by Crippen LogP contribution is 2.41. The third-order valence-electron chi connectivity index (χ3n) is 4.31. The number of rotatable bonds is 4. The molecule has 2 nitrogen and oxygen atoms in total. The van der Waals surface area contributed by atoms with Crippen LogP contribution in [0.3, 0.4) is 0 Å². The van der Waals surface area contributed by atoms with Crippen molar-refractivity contribution in [3.05, 3.63) is 71.3 Å². The van der Waals surface area contributed by atoms with Gasteiger partial charge in [-0.25, -0.2) is 8.78 Å². The van der Waals surface area contributed by atoms with Gasteiger partial charge in [0.25, 0.3) is 0 Å². The first-order valence-electron chi connectivity index (χ1n) is 8.03. The number of carbonyl (C=O) groups excluding carboxylic acids is 1. The largest absolute Gasteiger partial charge is 0.325 e. The van der Waals surface area contributed by atoms with Gasteiger partial charge >= 0.3 is 0 Å². The molecule has 0 radical (unpaired) electrons. The SMILES string of the molecule is CC[C@H](C(=O)N1CCS[C@@H]1c1ccc(F)cc1F)c1ccccc1. The number of carbonyl (C=O) groups is 1. The second-order valence-corrected chi connectivity index (χ2v) is 6.98. The van der Waals surface area contributed by atoms with Crippen LogP contribution in [0.2, 0.25) is 0 Å². The second-order valence-electron chi connectivity index (χ2n) is 5.79. The second kappa shape index (κ2) is 7.34. The smallest absolute Gasteiger partial charge is 0.231 e. The summed E-state index contributed by atoms with van der Waals surface area (Å²) >= 11 is 1.52. The Morgan fingerprint density at radius 2 is 2.00 bits per heavy atom. The van der Waals surface area contributed by atoms with E-state index in [0.29, 0.717) is 18.5 Å². The van der Waals surface area contributed by atoms with E-state index in [2.05, 4.69) is 0 Å². The predicted octanol–water partition coefficient (Wildman–Crippen LogP) is 4.73. The minimum Gasteiger partial charge on any atom is -0.325 e. The van der Waals surface area contributed by atoms with Crippen LogP contribution < -0.4 is 0 Å². The maximum atomic E-state index is 14.2. The standard InChI is InChI=1S/C19H19F2NOS/c1-2-15(13-6-4-3-5-7-13)18(23)22-10-11-24-19(22)16-9-8-14(20)12-17(16)21/h3-9,12,15,19H,2,10-11H2,1H3/t15-,19+/m0/s1. The molecule has 24 heavy (non-hydrogen) atoms. The molecule has 0 unspecified atom stereocenters. The molecular weight excluding hydrogens is 328 g/mol. The Labute approximate surface area is 144 Å². The van der Waals surface area contributed by atoms with Crippen molar-refractivity contribution in [2.75, 3.05) is 12.3 Å². The lowest BCUT2D eigenvalue weighted by atomic mass is 9.95. The Hall–Kier alpha value is -1.88. The van der Waals surface area contributed by atoms with Gasteiger partial charge in [0.2, 0.25) is 5.91 Å². The molecule has 0 spiro atoms. The third kappa shape index (κ3) is 3.31. The Kier molecular flexibility index (Phi) is 5.19. The summed E-state index contributed by atoms with van der Waals surface area (Å²) in [5.74, 6) is -0.690. The lowest BCUT2D eigenvalue weighted by Gasteiger charge is -2.28. The Bertz CT molecular complexity index is 723. The number of hydrogen-bond acceptors (Lipinski definition) is 2. The van der Waals surface area contributed by atoms with E-state index >= 15 is 0 Å². The fourth-order valence-electron chi connectivity index (χ4n) is 3.09. The van der Waals surface area contributed by atoms with Crippen LogP contribution in [0.25, 0.3) is 0 Å². The number of halogens is 2. The molecule has 1 aliphatic rings. The normalized spacial score (nSPS) is 18.6. The van der Waals surface area contributed by atoms with Gasteiger partial charge in [-0.3, -0.25) is 4.79 Å². The zero-order valence-corrected chi connectivity index (χ0v) is 14.2. The van der Waals surface area contributed by atoms with Gasteiger partial charge in [-0.15, -0.1) is 11.8 Å². The first-order chi connectivity index (χ1) is 11.6. The summed E-state index contributed by atoms with van der Waals surface area (Å²) in [6, 6.07) is 13.2. The van der Waals surface area contributed by atoms with Crippen molar-refractivity contribution in [1.82, 2.24) is 4.90 Å². The molecule has 126 valence electrons. The van der Waals surface area contributed by atoms with Crippen LogP contribution in [0.15, 0.2) is 48.5 Å². The van der Waals surface area contributed by atoms with Crippen molar-refractivity contribution in [2.45, 2.75) is 24.6 Å². The summed E-state index contributed by atoms with van der Waals surface area (Å²) in [6.45, 7) is 2.56. The van der Waals surface area contributed by atoms with Crippen LogP contribution in [-0.4, -0.2) is 23.1 Å². The van der Waals surface area contributed by atoms with Gasteiger partial charge in [-0.2, -0.15) is 0 Å². The number of thioether (sulfide) groups is 1. The molecule has 1 heterocycles. The lowest BCUT2D eigenvalue weighted by Crippen LogP contribution is -2.34. The molecule has 1 amide bonds. The highest BCUT2D eigenvalue weighted by atomic mass is 32.2. The fourth-order valence-corrected chi connectivity index (χ4v) is 4.38. The van der Waals surface area contributed by atoms with Gasteiger partial charge < -0.3 is 4.90 Å². The number of amides is 1. The quantitative estimate of drug-likeness (QED) is 0.797. The Morgan fingerprint density at radius 1 is 1.25 bits per heavy atom. The van der Waals surface area contributed by atoms with Crippen LogP contribution in [-0.2, 0) is 4.79 Å². The molecule has 3 rings (SSSR count). The van der Waals surface area contributed by atoms with Crippen molar-refractivity contribution in [3.63, 3.8) is 0 Å². The van der Waals surface area contributed by atoms with E-state index in [1.54, 1.807) is 4.90 Å². The highest BCUT2D eigenvalue weighted by Gasteiger charge is 2.35. The summed E-state index contributed by atoms with van der Waals surface area (Å²) < 4.78 is 27.3. The average molecular weight is 347 g/mol. The molecule has 1 aliphatic heterocycles. The third-order valence-corrected chi connectivity index (χ3v) is 5.55. The minimum absolute atomic E-state index is 0.00225. The van der Waals surface area contributed by atoms with Crippen molar-refractivity contribution in [2.24, 2.45) is 0 Å². The summed E-state index contributed by atoms with van der Waals surface area (Å²) in [7, 11) is 0. The monoisotopic (exact) mass is 347 g/mol. The summed E-state index contributed by atoms with van der Waals surface area (Å²) in [5, 5.41) is -0.393. The molecule has 1 fully saturated rings. The minimum atomic E-state index is -0.604. The zero-order chi connectivity index (χ0) is 17.1. The number of nitrogens with zero attached hydrogens (tertiary/aromatic N) is 1. The van der Waals surface area contributed by atoms with Gasteiger partial charge in [-0.05, 0) is 18.1 Å². The molecule has 0 aromatic heterocycles.